The third-order valence-electron chi connectivity index (χ3n) is 3.25. The first-order valence-corrected chi connectivity index (χ1v) is 9.93. The molecule has 7 nitrogen and oxygen atoms in total. The van der Waals surface area contributed by atoms with Crippen molar-refractivity contribution in [2.75, 3.05) is 25.1 Å². The molecule has 0 spiro atoms. The second-order valence-electron chi connectivity index (χ2n) is 4.91. The van der Waals surface area contributed by atoms with Gasteiger partial charge in [0.25, 0.3) is 15.9 Å². The molecule has 0 bridgehead atoms. The number of aromatic nitrogens is 2. The van der Waals surface area contributed by atoms with Crippen LogP contribution in [0, 0.1) is 0 Å². The van der Waals surface area contributed by atoms with E-state index in [1.807, 2.05) is 0 Å². The Bertz CT molecular complexity index is 1040. The predicted octanol–water partition coefficient (Wildman–Crippen LogP) is 3.50. The molecule has 0 radical (unpaired) electrons. The average Bonchev–Trinajstić information content (AvgIpc) is 2.96. The third-order valence-corrected chi connectivity index (χ3v) is 6.29. The van der Waals surface area contributed by atoms with Gasteiger partial charge in [-0.2, -0.15) is 4.98 Å². The lowest BCUT2D eigenvalue weighted by Gasteiger charge is -2.10. The van der Waals surface area contributed by atoms with Crippen molar-refractivity contribution in [1.29, 1.82) is 0 Å². The molecule has 0 saturated heterocycles. The number of alkyl halides is 1. The Kier molecular flexibility index (Phi) is 5.44. The highest BCUT2D eigenvalue weighted by molar-refractivity contribution is 7.93. The zero-order valence-electron chi connectivity index (χ0n) is 13.4. The lowest BCUT2D eigenvalue weighted by molar-refractivity contribution is 0.256. The quantitative estimate of drug-likeness (QED) is 0.632. The molecule has 0 fully saturated rings. The minimum Gasteiger partial charge on any atom is -0.484 e. The van der Waals surface area contributed by atoms with Crippen molar-refractivity contribution in [3.63, 3.8) is 0 Å². The number of rotatable bonds is 7. The molecule has 26 heavy (non-hydrogen) atoms. The van der Waals surface area contributed by atoms with Crippen LogP contribution >= 0.6 is 22.9 Å². The van der Waals surface area contributed by atoms with Crippen LogP contribution in [0.1, 0.15) is 0 Å². The molecule has 0 amide bonds. The van der Waals surface area contributed by atoms with Gasteiger partial charge in [-0.15, -0.1) is 11.3 Å². The van der Waals surface area contributed by atoms with Crippen molar-refractivity contribution in [2.45, 2.75) is 4.90 Å². The topological polar surface area (TPSA) is 90.4 Å². The van der Waals surface area contributed by atoms with Crippen LogP contribution in [0.3, 0.4) is 0 Å². The van der Waals surface area contributed by atoms with Gasteiger partial charge in [0.2, 0.25) is 5.95 Å². The minimum atomic E-state index is -4.03. The molecular weight excluding hydrogens is 405 g/mol. The Morgan fingerprint density at radius 1 is 1.35 bits per heavy atom. The van der Waals surface area contributed by atoms with Gasteiger partial charge in [-0.05, 0) is 6.07 Å². The van der Waals surface area contributed by atoms with E-state index in [9.17, 15) is 12.8 Å². The number of ether oxygens (including phenoxy) is 2. The van der Waals surface area contributed by atoms with Crippen molar-refractivity contribution in [2.24, 2.45) is 0 Å². The lowest BCUT2D eigenvalue weighted by atomic mass is 10.3. The molecule has 0 atom stereocenters. The SMILES string of the molecule is COc1nc(NS(=O)(=O)c2c(Cl)sc3ccccc23)ncc1OCCF. The molecule has 0 aliphatic rings. The highest BCUT2D eigenvalue weighted by Gasteiger charge is 2.25. The summed E-state index contributed by atoms with van der Waals surface area (Å²) in [6.45, 7) is -0.886. The number of nitrogens with zero attached hydrogens (tertiary/aromatic N) is 2. The summed E-state index contributed by atoms with van der Waals surface area (Å²) in [5.74, 6) is -0.139. The first-order valence-electron chi connectivity index (χ1n) is 7.26. The number of nitrogens with one attached hydrogen (secondary N) is 1. The molecule has 1 aromatic carbocycles. The van der Waals surface area contributed by atoms with Crippen LogP contribution in [0.2, 0.25) is 4.34 Å². The number of fused-ring (bicyclic) bond motifs is 1. The summed E-state index contributed by atoms with van der Waals surface area (Å²) in [6.07, 6.45) is 1.20. The monoisotopic (exact) mass is 417 g/mol. The van der Waals surface area contributed by atoms with E-state index in [4.69, 9.17) is 21.1 Å². The van der Waals surface area contributed by atoms with Gasteiger partial charge < -0.3 is 9.47 Å². The summed E-state index contributed by atoms with van der Waals surface area (Å²) in [4.78, 5) is 7.77. The largest absolute Gasteiger partial charge is 0.484 e. The summed E-state index contributed by atoms with van der Waals surface area (Å²) in [5.41, 5.74) is 0. The molecule has 11 heteroatoms. The fraction of sp³-hybridized carbons (Fsp3) is 0.200. The fourth-order valence-electron chi connectivity index (χ4n) is 2.21. The maximum absolute atomic E-state index is 12.8. The Morgan fingerprint density at radius 2 is 2.12 bits per heavy atom. The highest BCUT2D eigenvalue weighted by Crippen LogP contribution is 2.38. The number of hydrogen-bond acceptors (Lipinski definition) is 7. The molecule has 3 rings (SSSR count). The fourth-order valence-corrected chi connectivity index (χ4v) is 5.33. The number of thiophene rings is 1. The smallest absolute Gasteiger partial charge is 0.267 e. The standard InChI is InChI=1S/C15H13ClFN3O4S2/c1-23-14-10(24-7-6-17)8-18-15(19-14)20-26(21,22)12-9-4-2-3-5-11(9)25-13(12)16/h2-5,8H,6-7H2,1H3,(H,18,19,20). The van der Waals surface area contributed by atoms with E-state index in [-0.39, 0.29) is 33.4 Å². The van der Waals surface area contributed by atoms with E-state index in [0.29, 0.717) is 5.39 Å². The lowest BCUT2D eigenvalue weighted by Crippen LogP contribution is -2.15. The molecule has 1 N–H and O–H groups in total. The molecule has 0 saturated carbocycles. The van der Waals surface area contributed by atoms with Crippen molar-refractivity contribution in [3.05, 3.63) is 34.8 Å². The normalized spacial score (nSPS) is 11.5. The van der Waals surface area contributed by atoms with Crippen LogP contribution in [-0.4, -0.2) is 38.8 Å². The number of methoxy groups -OCH3 is 1. The van der Waals surface area contributed by atoms with E-state index < -0.39 is 16.7 Å². The van der Waals surface area contributed by atoms with Crippen LogP contribution < -0.4 is 14.2 Å². The van der Waals surface area contributed by atoms with E-state index in [0.717, 1.165) is 16.0 Å². The van der Waals surface area contributed by atoms with E-state index in [1.165, 1.54) is 13.3 Å². The molecule has 0 aliphatic heterocycles. The zero-order valence-corrected chi connectivity index (χ0v) is 15.8. The molecule has 3 aromatic rings. The summed E-state index contributed by atoms with van der Waals surface area (Å²) >= 11 is 7.30. The molecular formula is C15H13ClFN3O4S2. The second kappa shape index (κ2) is 7.60. The highest BCUT2D eigenvalue weighted by atomic mass is 35.5. The Morgan fingerprint density at radius 3 is 2.85 bits per heavy atom. The van der Waals surface area contributed by atoms with Crippen molar-refractivity contribution in [1.82, 2.24) is 9.97 Å². The number of sulfonamides is 1. The van der Waals surface area contributed by atoms with Gasteiger partial charge in [-0.3, -0.25) is 0 Å². The second-order valence-corrected chi connectivity index (χ2v) is 8.18. The van der Waals surface area contributed by atoms with Crippen LogP contribution in [0.5, 0.6) is 11.6 Å². The Labute approximate surface area is 157 Å². The van der Waals surface area contributed by atoms with Gasteiger partial charge in [0.15, 0.2) is 5.75 Å². The Balaban J connectivity index is 1.95. The third kappa shape index (κ3) is 3.67. The van der Waals surface area contributed by atoms with E-state index >= 15 is 0 Å². The van der Waals surface area contributed by atoms with Crippen LogP contribution in [0.15, 0.2) is 35.4 Å². The number of anilines is 1. The van der Waals surface area contributed by atoms with Crippen LogP contribution in [0.25, 0.3) is 10.1 Å². The van der Waals surface area contributed by atoms with Crippen molar-refractivity contribution >= 4 is 49.0 Å². The first-order chi connectivity index (χ1) is 12.5. The zero-order chi connectivity index (χ0) is 18.7. The van der Waals surface area contributed by atoms with E-state index in [1.54, 1.807) is 24.3 Å². The number of hydrogen-bond donors (Lipinski definition) is 1. The maximum Gasteiger partial charge on any atom is 0.267 e. The summed E-state index contributed by atoms with van der Waals surface area (Å²) in [6, 6.07) is 6.97. The average molecular weight is 418 g/mol. The molecule has 2 heterocycles. The Hall–Kier alpha value is -2.17. The minimum absolute atomic E-state index is 0.0209. The molecule has 138 valence electrons. The predicted molar refractivity (Wildman–Crippen MR) is 97.7 cm³/mol. The van der Waals surface area contributed by atoms with Gasteiger partial charge in [0.1, 0.15) is 22.5 Å². The summed E-state index contributed by atoms with van der Waals surface area (Å²) < 4.78 is 51.0. The van der Waals surface area contributed by atoms with Gasteiger partial charge in [-0.1, -0.05) is 29.8 Å². The van der Waals surface area contributed by atoms with Gasteiger partial charge in [0.05, 0.1) is 13.3 Å². The number of benzene rings is 1. The van der Waals surface area contributed by atoms with Gasteiger partial charge in [-0.25, -0.2) is 22.5 Å². The van der Waals surface area contributed by atoms with Crippen molar-refractivity contribution < 1.29 is 22.3 Å². The van der Waals surface area contributed by atoms with Crippen molar-refractivity contribution in [3.8, 4) is 11.6 Å². The maximum atomic E-state index is 12.8. The molecule has 0 unspecified atom stereocenters. The summed E-state index contributed by atoms with van der Waals surface area (Å²) in [7, 11) is -2.71. The van der Waals surface area contributed by atoms with Gasteiger partial charge in [0, 0.05) is 10.1 Å². The van der Waals surface area contributed by atoms with Crippen LogP contribution in [0.4, 0.5) is 10.3 Å². The summed E-state index contributed by atoms with van der Waals surface area (Å²) in [5, 5.41) is 0.505. The van der Waals surface area contributed by atoms with Crippen LogP contribution in [-0.2, 0) is 10.0 Å². The molecule has 0 aliphatic carbocycles. The first kappa shape index (κ1) is 18.6. The van der Waals surface area contributed by atoms with E-state index in [2.05, 4.69) is 14.7 Å². The number of halogens is 2. The van der Waals surface area contributed by atoms with Gasteiger partial charge >= 0.3 is 0 Å². The molecule has 2 aromatic heterocycles.